The Kier molecular flexibility index (Phi) is 7.49. The molecule has 5 heterocycles. The monoisotopic (exact) mass is 676 g/mol. The lowest BCUT2D eigenvalue weighted by molar-refractivity contribution is -0.137. The Morgan fingerprint density at radius 3 is 2.72 bits per heavy atom. The van der Waals surface area contributed by atoms with Gasteiger partial charge in [-0.3, -0.25) is 4.90 Å². The molecular formula is C32H30F6N6O2S. The van der Waals surface area contributed by atoms with Crippen molar-refractivity contribution in [2.24, 2.45) is 0 Å². The summed E-state index contributed by atoms with van der Waals surface area (Å²) in [6.07, 6.45) is -4.42. The maximum absolute atomic E-state index is 16.9. The van der Waals surface area contributed by atoms with Crippen LogP contribution in [0.15, 0.2) is 18.2 Å². The summed E-state index contributed by atoms with van der Waals surface area (Å²) in [5.41, 5.74) is 1.26. The standard InChI is InChI=1S/C32H30F6N6O2S/c1-30(2)21(6-8-41-30)46-28-17-10-19(32(36,37)38)23(16-4-5-20(34)26-22(16)18(12-39)27(40)47-26)24(35)25(17)42-29(43-28)45-14-31-7-3-9-44(31)13-15(33)11-31/h4-5,10,15,21,41H,3,6-9,11,13-14,40H2,1-2H3/t15-,21?,31+/m1/s1. The van der Waals surface area contributed by atoms with Crippen LogP contribution in [0.2, 0.25) is 0 Å². The number of hydrogen-bond acceptors (Lipinski definition) is 9. The molecule has 3 aliphatic heterocycles. The van der Waals surface area contributed by atoms with E-state index in [2.05, 4.69) is 15.3 Å². The van der Waals surface area contributed by atoms with Crippen LogP contribution in [-0.2, 0) is 6.18 Å². The maximum Gasteiger partial charge on any atom is 0.417 e. The number of hydrogen-bond donors (Lipinski definition) is 2. The summed E-state index contributed by atoms with van der Waals surface area (Å²) in [5.74, 6) is -2.51. The first-order chi connectivity index (χ1) is 22.2. The third-order valence-electron chi connectivity index (χ3n) is 9.66. The van der Waals surface area contributed by atoms with Crippen LogP contribution in [0.3, 0.4) is 0 Å². The van der Waals surface area contributed by atoms with E-state index in [1.165, 1.54) is 0 Å². The highest BCUT2D eigenvalue weighted by atomic mass is 32.1. The quantitative estimate of drug-likeness (QED) is 0.216. The molecule has 0 radical (unpaired) electrons. The lowest BCUT2D eigenvalue weighted by Gasteiger charge is -2.31. The first kappa shape index (κ1) is 31.7. The largest absolute Gasteiger partial charge is 0.472 e. The predicted octanol–water partition coefficient (Wildman–Crippen LogP) is 6.74. The van der Waals surface area contributed by atoms with Crippen LogP contribution in [0, 0.1) is 23.0 Å². The fourth-order valence-corrected chi connectivity index (χ4v) is 8.27. The van der Waals surface area contributed by atoms with Gasteiger partial charge in [-0.15, -0.1) is 11.3 Å². The van der Waals surface area contributed by atoms with Gasteiger partial charge in [0.05, 0.1) is 26.8 Å². The minimum atomic E-state index is -5.10. The fourth-order valence-electron chi connectivity index (χ4n) is 7.32. The van der Waals surface area contributed by atoms with Gasteiger partial charge >= 0.3 is 12.2 Å². The first-order valence-corrected chi connectivity index (χ1v) is 16.0. The van der Waals surface area contributed by atoms with Gasteiger partial charge in [0.1, 0.15) is 41.3 Å². The van der Waals surface area contributed by atoms with E-state index in [1.54, 1.807) is 0 Å². The van der Waals surface area contributed by atoms with Gasteiger partial charge in [-0.2, -0.15) is 28.4 Å². The molecule has 0 saturated carbocycles. The highest BCUT2D eigenvalue weighted by molar-refractivity contribution is 7.23. The Morgan fingerprint density at radius 1 is 1.23 bits per heavy atom. The molecule has 47 heavy (non-hydrogen) atoms. The van der Waals surface area contributed by atoms with Gasteiger partial charge in [0.25, 0.3) is 0 Å². The second-order valence-electron chi connectivity index (χ2n) is 13.0. The van der Waals surface area contributed by atoms with Gasteiger partial charge in [0.15, 0.2) is 5.82 Å². The molecule has 3 N–H and O–H groups in total. The summed E-state index contributed by atoms with van der Waals surface area (Å²) in [6, 6.07) is 4.08. The average molecular weight is 677 g/mol. The Bertz CT molecular complexity index is 1960. The van der Waals surface area contributed by atoms with E-state index in [0.717, 1.165) is 18.6 Å². The molecule has 3 fully saturated rings. The number of rotatable bonds is 6. The van der Waals surface area contributed by atoms with Gasteiger partial charge < -0.3 is 20.5 Å². The number of nitrogen functional groups attached to an aromatic ring is 1. The minimum absolute atomic E-state index is 0.0117. The number of ether oxygens (including phenoxy) is 2. The molecule has 0 amide bonds. The lowest BCUT2D eigenvalue weighted by atomic mass is 9.92. The van der Waals surface area contributed by atoms with E-state index >= 15 is 4.39 Å². The van der Waals surface area contributed by atoms with Crippen molar-refractivity contribution in [2.45, 2.75) is 69.1 Å². The Hall–Kier alpha value is -3.87. The van der Waals surface area contributed by atoms with Crippen molar-refractivity contribution in [1.82, 2.24) is 20.2 Å². The number of fused-ring (bicyclic) bond motifs is 3. The van der Waals surface area contributed by atoms with E-state index in [0.29, 0.717) is 43.3 Å². The van der Waals surface area contributed by atoms with Crippen LogP contribution >= 0.6 is 11.3 Å². The molecule has 2 aromatic heterocycles. The van der Waals surface area contributed by atoms with Crippen LogP contribution in [0.1, 0.15) is 50.7 Å². The first-order valence-electron chi connectivity index (χ1n) is 15.2. The number of thiophene rings is 1. The van der Waals surface area contributed by atoms with E-state index in [1.807, 2.05) is 24.8 Å². The van der Waals surface area contributed by atoms with Gasteiger partial charge in [-0.25, -0.2) is 13.2 Å². The van der Waals surface area contributed by atoms with Gasteiger partial charge in [0, 0.05) is 29.5 Å². The third-order valence-corrected chi connectivity index (χ3v) is 10.7. The van der Waals surface area contributed by atoms with Crippen LogP contribution < -0.4 is 20.5 Å². The van der Waals surface area contributed by atoms with Crippen LogP contribution in [-0.4, -0.2) is 64.5 Å². The van der Waals surface area contributed by atoms with E-state index in [9.17, 15) is 27.2 Å². The second-order valence-corrected chi connectivity index (χ2v) is 14.0. The van der Waals surface area contributed by atoms with Crippen LogP contribution in [0.5, 0.6) is 11.9 Å². The van der Waals surface area contributed by atoms with Crippen molar-refractivity contribution in [3.63, 3.8) is 0 Å². The topological polar surface area (TPSA) is 109 Å². The van der Waals surface area contributed by atoms with E-state index in [4.69, 9.17) is 15.2 Å². The number of benzene rings is 2. The zero-order valence-electron chi connectivity index (χ0n) is 25.4. The number of aromatic nitrogens is 2. The van der Waals surface area contributed by atoms with Crippen molar-refractivity contribution < 1.29 is 35.8 Å². The fraction of sp³-hybridized carbons (Fsp3) is 0.469. The number of anilines is 1. The second kappa shape index (κ2) is 11.1. The molecule has 0 bridgehead atoms. The van der Waals surface area contributed by atoms with Crippen molar-refractivity contribution >= 4 is 37.3 Å². The number of halogens is 6. The number of alkyl halides is 4. The van der Waals surface area contributed by atoms with Crippen LogP contribution in [0.25, 0.3) is 32.1 Å². The van der Waals surface area contributed by atoms with Gasteiger partial charge in [-0.1, -0.05) is 6.07 Å². The van der Waals surface area contributed by atoms with Crippen molar-refractivity contribution in [1.29, 1.82) is 5.26 Å². The van der Waals surface area contributed by atoms with E-state index in [-0.39, 0.29) is 63.1 Å². The van der Waals surface area contributed by atoms with Crippen molar-refractivity contribution in [3.8, 4) is 29.1 Å². The summed E-state index contributed by atoms with van der Waals surface area (Å²) in [7, 11) is 0. The summed E-state index contributed by atoms with van der Waals surface area (Å²) in [6.45, 7) is 5.26. The Labute approximate surface area is 269 Å². The van der Waals surface area contributed by atoms with Crippen LogP contribution in [0.4, 0.5) is 31.3 Å². The summed E-state index contributed by atoms with van der Waals surface area (Å²) in [5, 5.41) is 12.3. The molecule has 8 nitrogen and oxygen atoms in total. The zero-order valence-corrected chi connectivity index (χ0v) is 26.2. The zero-order chi connectivity index (χ0) is 33.5. The Balaban J connectivity index is 1.45. The van der Waals surface area contributed by atoms with Crippen molar-refractivity contribution in [3.05, 3.63) is 41.0 Å². The highest BCUT2D eigenvalue weighted by Gasteiger charge is 2.49. The highest BCUT2D eigenvalue weighted by Crippen LogP contribution is 2.48. The molecule has 2 aromatic carbocycles. The number of nitriles is 1. The number of nitrogens with zero attached hydrogens (tertiary/aromatic N) is 4. The summed E-state index contributed by atoms with van der Waals surface area (Å²) >= 11 is 0.684. The molecule has 3 aliphatic rings. The Morgan fingerprint density at radius 2 is 2.02 bits per heavy atom. The van der Waals surface area contributed by atoms with Gasteiger partial charge in [0.2, 0.25) is 5.88 Å². The molecule has 7 rings (SSSR count). The van der Waals surface area contributed by atoms with Gasteiger partial charge in [-0.05, 0) is 63.9 Å². The maximum atomic E-state index is 16.9. The predicted molar refractivity (Wildman–Crippen MR) is 164 cm³/mol. The average Bonchev–Trinajstić information content (AvgIpc) is 3.73. The number of nitrogens with one attached hydrogen (secondary N) is 1. The summed E-state index contributed by atoms with van der Waals surface area (Å²) < 4.78 is 103. The molecule has 248 valence electrons. The molecule has 4 aromatic rings. The molecule has 15 heteroatoms. The molecule has 0 spiro atoms. The molecule has 1 unspecified atom stereocenters. The lowest BCUT2D eigenvalue weighted by Crippen LogP contribution is -2.44. The molecule has 3 saturated heterocycles. The SMILES string of the molecule is CC1(C)NCCC1Oc1nc(OC[C@@]23CCCN2C[C@H](F)C3)nc2c(F)c(-c3ccc(F)c4sc(N)c(C#N)c34)c(C(F)(F)F)cc12. The third kappa shape index (κ3) is 5.21. The molecule has 0 aliphatic carbocycles. The van der Waals surface area contributed by atoms with Crippen molar-refractivity contribution in [2.75, 3.05) is 32.0 Å². The minimum Gasteiger partial charge on any atom is -0.472 e. The van der Waals surface area contributed by atoms with E-state index < -0.39 is 57.8 Å². The normalized spacial score (nSPS) is 24.2. The molecule has 3 atom stereocenters. The summed E-state index contributed by atoms with van der Waals surface area (Å²) in [4.78, 5) is 10.6. The molecular weight excluding hydrogens is 646 g/mol. The number of nitrogens with two attached hydrogens (primary N) is 1. The smallest absolute Gasteiger partial charge is 0.417 e.